The van der Waals surface area contributed by atoms with Crippen LogP contribution in [0.3, 0.4) is 0 Å². The summed E-state index contributed by atoms with van der Waals surface area (Å²) >= 11 is 0. The van der Waals surface area contributed by atoms with Gasteiger partial charge in [-0.05, 0) is 60.9 Å². The molecule has 4 unspecified atom stereocenters. The fourth-order valence-corrected chi connectivity index (χ4v) is 5.07. The molecule has 2 N–H and O–H groups in total. The number of fused-ring (bicyclic) bond motifs is 1. The summed E-state index contributed by atoms with van der Waals surface area (Å²) in [5.41, 5.74) is 3.27. The average molecular weight is 466 g/mol. The zero-order valence-corrected chi connectivity index (χ0v) is 20.3. The third kappa shape index (κ3) is 5.18. The highest BCUT2D eigenvalue weighted by Gasteiger charge is 2.28. The molecule has 0 bridgehead atoms. The van der Waals surface area contributed by atoms with Gasteiger partial charge in [-0.2, -0.15) is 0 Å². The lowest BCUT2D eigenvalue weighted by atomic mass is 9.85. The highest BCUT2D eigenvalue weighted by Crippen LogP contribution is 2.37. The second-order valence-electron chi connectivity index (χ2n) is 9.85. The molecule has 7 nitrogen and oxygen atoms in total. The molecule has 1 aliphatic rings. The van der Waals surface area contributed by atoms with Gasteiger partial charge in [-0.15, -0.1) is 0 Å². The lowest BCUT2D eigenvalue weighted by Crippen LogP contribution is -2.41. The quantitative estimate of drug-likeness (QED) is 0.429. The van der Waals surface area contributed by atoms with Crippen LogP contribution in [0, 0.1) is 11.8 Å². The number of hydrogen-bond donors (Lipinski definition) is 2. The Labute approximate surface area is 200 Å². The number of imidazole rings is 1. The van der Waals surface area contributed by atoms with Crippen molar-refractivity contribution in [1.29, 1.82) is 0 Å². The van der Waals surface area contributed by atoms with E-state index in [2.05, 4.69) is 16.8 Å². The first-order chi connectivity index (χ1) is 16.4. The molecule has 0 spiro atoms. The average Bonchev–Trinajstić information content (AvgIpc) is 3.46. The molecule has 0 aliphatic heterocycles. The Balaban J connectivity index is 1.66. The van der Waals surface area contributed by atoms with Gasteiger partial charge >= 0.3 is 5.97 Å². The second kappa shape index (κ2) is 10.5. The molecule has 1 aromatic carbocycles. The summed E-state index contributed by atoms with van der Waals surface area (Å²) in [7, 11) is 0. The smallest absolute Gasteiger partial charge is 0.326 e. The molecule has 2 aromatic heterocycles. The standard InChI is InChI=1S/C27H35N3O4/c1-4-17(2)13-22(27(32)33)29-26(31)20-9-10-24-21(15-20)28-25(14-19-11-12-34-16-19)30(24)23-8-6-5-7-18(23)3/h9-12,15-18,22-23H,4-8,13-14H2,1-3H3,(H,29,31)(H,32,33). The van der Waals surface area contributed by atoms with E-state index in [0.29, 0.717) is 30.4 Å². The number of hydrogen-bond acceptors (Lipinski definition) is 4. The van der Waals surface area contributed by atoms with Gasteiger partial charge in [0.15, 0.2) is 0 Å². The number of aromatic nitrogens is 2. The van der Waals surface area contributed by atoms with Crippen molar-refractivity contribution < 1.29 is 19.1 Å². The molecule has 7 heteroatoms. The number of carbonyl (C=O) groups is 2. The number of nitrogens with zero attached hydrogens (tertiary/aromatic N) is 2. The first kappa shape index (κ1) is 24.0. The monoisotopic (exact) mass is 465 g/mol. The van der Waals surface area contributed by atoms with Crippen molar-refractivity contribution >= 4 is 22.9 Å². The van der Waals surface area contributed by atoms with Crippen LogP contribution in [0.25, 0.3) is 11.0 Å². The molecule has 4 atom stereocenters. The highest BCUT2D eigenvalue weighted by atomic mass is 16.4. The Morgan fingerprint density at radius 3 is 2.74 bits per heavy atom. The predicted molar refractivity (Wildman–Crippen MR) is 131 cm³/mol. The zero-order valence-electron chi connectivity index (χ0n) is 20.3. The van der Waals surface area contributed by atoms with Crippen LogP contribution in [0.1, 0.15) is 87.1 Å². The van der Waals surface area contributed by atoms with Gasteiger partial charge in [0.25, 0.3) is 5.91 Å². The lowest BCUT2D eigenvalue weighted by Gasteiger charge is -2.31. The molecule has 182 valence electrons. The summed E-state index contributed by atoms with van der Waals surface area (Å²) in [6.45, 7) is 6.32. The maximum Gasteiger partial charge on any atom is 0.326 e. The Kier molecular flexibility index (Phi) is 7.39. The van der Waals surface area contributed by atoms with Crippen molar-refractivity contribution in [3.8, 4) is 0 Å². The van der Waals surface area contributed by atoms with E-state index in [1.54, 1.807) is 24.7 Å². The zero-order chi connectivity index (χ0) is 24.2. The number of nitrogens with one attached hydrogen (secondary N) is 1. The summed E-state index contributed by atoms with van der Waals surface area (Å²) < 4.78 is 7.63. The maximum absolute atomic E-state index is 13.0. The first-order valence-electron chi connectivity index (χ1n) is 12.4. The number of carboxylic acid groups (broad SMARTS) is 1. The van der Waals surface area contributed by atoms with Crippen LogP contribution in [0.5, 0.6) is 0 Å². The highest BCUT2D eigenvalue weighted by molar-refractivity contribution is 5.99. The molecule has 1 amide bonds. The molecule has 34 heavy (non-hydrogen) atoms. The van der Waals surface area contributed by atoms with E-state index in [-0.39, 0.29) is 11.8 Å². The number of carboxylic acids is 1. The number of aliphatic carboxylic acids is 1. The van der Waals surface area contributed by atoms with Crippen molar-refractivity contribution in [1.82, 2.24) is 14.9 Å². The molecule has 4 rings (SSSR count). The number of carbonyl (C=O) groups excluding carboxylic acids is 1. The Hall–Kier alpha value is -3.09. The Morgan fingerprint density at radius 2 is 2.06 bits per heavy atom. The van der Waals surface area contributed by atoms with Crippen LogP contribution in [-0.2, 0) is 11.2 Å². The second-order valence-corrected chi connectivity index (χ2v) is 9.85. The third-order valence-corrected chi connectivity index (χ3v) is 7.30. The van der Waals surface area contributed by atoms with E-state index < -0.39 is 12.0 Å². The van der Waals surface area contributed by atoms with Gasteiger partial charge in [-0.25, -0.2) is 9.78 Å². The summed E-state index contributed by atoms with van der Waals surface area (Å²) in [6.07, 6.45) is 10.1. The number of amides is 1. The number of benzene rings is 1. The summed E-state index contributed by atoms with van der Waals surface area (Å²) in [4.78, 5) is 29.6. The minimum Gasteiger partial charge on any atom is -0.480 e. The largest absolute Gasteiger partial charge is 0.480 e. The van der Waals surface area contributed by atoms with Crippen molar-refractivity contribution in [3.63, 3.8) is 0 Å². The number of rotatable bonds is 9. The van der Waals surface area contributed by atoms with Gasteiger partial charge in [0.05, 0.1) is 23.6 Å². The topological polar surface area (TPSA) is 97.4 Å². The van der Waals surface area contributed by atoms with E-state index in [1.807, 2.05) is 26.0 Å². The van der Waals surface area contributed by atoms with E-state index in [9.17, 15) is 14.7 Å². The van der Waals surface area contributed by atoms with E-state index in [1.165, 1.54) is 19.3 Å². The molecule has 1 aliphatic carbocycles. The molecule has 1 fully saturated rings. The lowest BCUT2D eigenvalue weighted by molar-refractivity contribution is -0.139. The van der Waals surface area contributed by atoms with E-state index in [4.69, 9.17) is 9.40 Å². The number of furan rings is 1. The van der Waals surface area contributed by atoms with E-state index in [0.717, 1.165) is 35.3 Å². The Bertz CT molecular complexity index is 1130. The van der Waals surface area contributed by atoms with Crippen LogP contribution in [-0.4, -0.2) is 32.6 Å². The summed E-state index contributed by atoms with van der Waals surface area (Å²) in [6, 6.07) is 6.95. The van der Waals surface area contributed by atoms with Crippen molar-refractivity contribution in [2.75, 3.05) is 0 Å². The van der Waals surface area contributed by atoms with Gasteiger partial charge in [-0.3, -0.25) is 4.79 Å². The van der Waals surface area contributed by atoms with Gasteiger partial charge < -0.3 is 19.4 Å². The Morgan fingerprint density at radius 1 is 1.26 bits per heavy atom. The predicted octanol–water partition coefficient (Wildman–Crippen LogP) is 5.59. The third-order valence-electron chi connectivity index (χ3n) is 7.30. The molecule has 0 radical (unpaired) electrons. The summed E-state index contributed by atoms with van der Waals surface area (Å²) in [5.74, 6) is 0.340. The van der Waals surface area contributed by atoms with Crippen LogP contribution < -0.4 is 5.32 Å². The minimum absolute atomic E-state index is 0.211. The van der Waals surface area contributed by atoms with Crippen molar-refractivity contribution in [2.24, 2.45) is 11.8 Å². The molecule has 0 saturated heterocycles. The minimum atomic E-state index is -1.01. The van der Waals surface area contributed by atoms with Gasteiger partial charge in [-0.1, -0.05) is 40.0 Å². The SMILES string of the molecule is CCC(C)CC(NC(=O)c1ccc2c(c1)nc(Cc1ccoc1)n2C1CCCCC1C)C(=O)O. The van der Waals surface area contributed by atoms with Gasteiger partial charge in [0.2, 0.25) is 0 Å². The molecular formula is C27H35N3O4. The van der Waals surface area contributed by atoms with Gasteiger partial charge in [0, 0.05) is 18.0 Å². The first-order valence-corrected chi connectivity index (χ1v) is 12.4. The molecular weight excluding hydrogens is 430 g/mol. The molecule has 1 saturated carbocycles. The van der Waals surface area contributed by atoms with Crippen LogP contribution >= 0.6 is 0 Å². The van der Waals surface area contributed by atoms with E-state index >= 15 is 0 Å². The van der Waals surface area contributed by atoms with Crippen LogP contribution in [0.2, 0.25) is 0 Å². The van der Waals surface area contributed by atoms with Crippen molar-refractivity contribution in [3.05, 3.63) is 53.7 Å². The fraction of sp³-hybridized carbons (Fsp3) is 0.519. The van der Waals surface area contributed by atoms with Gasteiger partial charge in [0.1, 0.15) is 11.9 Å². The maximum atomic E-state index is 13.0. The molecule has 2 heterocycles. The molecule has 3 aromatic rings. The summed E-state index contributed by atoms with van der Waals surface area (Å²) in [5, 5.41) is 12.3. The fourth-order valence-electron chi connectivity index (χ4n) is 5.07. The van der Waals surface area contributed by atoms with Crippen LogP contribution in [0.15, 0.2) is 41.2 Å². The normalized spacial score (nSPS) is 20.2. The van der Waals surface area contributed by atoms with Crippen molar-refractivity contribution in [2.45, 2.75) is 77.8 Å². The van der Waals surface area contributed by atoms with Crippen LogP contribution in [0.4, 0.5) is 0 Å².